The van der Waals surface area contributed by atoms with Crippen molar-refractivity contribution in [3.63, 3.8) is 0 Å². The minimum Gasteiger partial charge on any atom is -0.382 e. The Morgan fingerprint density at radius 2 is 1.67 bits per heavy atom. The lowest BCUT2D eigenvalue weighted by atomic mass is 10.1. The van der Waals surface area contributed by atoms with E-state index >= 15 is 0 Å². The Morgan fingerprint density at radius 3 is 2.40 bits per heavy atom. The van der Waals surface area contributed by atoms with Gasteiger partial charge in [0.2, 0.25) is 0 Å². The van der Waals surface area contributed by atoms with Gasteiger partial charge in [0.1, 0.15) is 5.52 Å². The molecule has 6 nitrogen and oxygen atoms in total. The highest BCUT2D eigenvalue weighted by Crippen LogP contribution is 2.32. The Bertz CT molecular complexity index is 1180. The van der Waals surface area contributed by atoms with E-state index in [2.05, 4.69) is 56.4 Å². The van der Waals surface area contributed by atoms with E-state index in [9.17, 15) is 0 Å². The maximum absolute atomic E-state index is 6.26. The summed E-state index contributed by atoms with van der Waals surface area (Å²) < 4.78 is 2.27. The van der Waals surface area contributed by atoms with E-state index in [1.807, 2.05) is 18.2 Å². The van der Waals surface area contributed by atoms with E-state index < -0.39 is 0 Å². The predicted molar refractivity (Wildman–Crippen MR) is 125 cm³/mol. The number of imidazole rings is 1. The van der Waals surface area contributed by atoms with Crippen molar-refractivity contribution < 1.29 is 0 Å². The second-order valence-corrected chi connectivity index (χ2v) is 8.51. The summed E-state index contributed by atoms with van der Waals surface area (Å²) in [5.41, 5.74) is 11.6. The first-order valence-electron chi connectivity index (χ1n) is 10.3. The molecule has 0 aliphatic carbocycles. The number of nitrogens with two attached hydrogens (primary N) is 1. The Labute approximate surface area is 180 Å². The smallest absolute Gasteiger partial charge is 0.169 e. The monoisotopic (exact) mass is 418 g/mol. The van der Waals surface area contributed by atoms with Gasteiger partial charge in [-0.25, -0.2) is 9.97 Å². The largest absolute Gasteiger partial charge is 0.382 e. The SMILES string of the molecule is CSc1nc2c(N)nc3ccccc3c2n1Cc1ccc(CN2CCNCC2)cc1. The molecule has 3 N–H and O–H groups in total. The topological polar surface area (TPSA) is 72.0 Å². The van der Waals surface area contributed by atoms with Crippen LogP contribution in [0.5, 0.6) is 0 Å². The lowest BCUT2D eigenvalue weighted by molar-refractivity contribution is 0.233. The second-order valence-electron chi connectivity index (χ2n) is 7.74. The molecule has 0 radical (unpaired) electrons. The first-order valence-corrected chi connectivity index (χ1v) is 11.5. The van der Waals surface area contributed by atoms with Crippen LogP contribution in [0.25, 0.3) is 21.9 Å². The van der Waals surface area contributed by atoms with Gasteiger partial charge in [0.05, 0.1) is 17.6 Å². The predicted octanol–water partition coefficient (Wildman–Crippen LogP) is 3.34. The number of nitrogen functional groups attached to an aromatic ring is 1. The average Bonchev–Trinajstić information content (AvgIpc) is 3.15. The van der Waals surface area contributed by atoms with Crippen molar-refractivity contribution in [2.24, 2.45) is 0 Å². The molecular weight excluding hydrogens is 392 g/mol. The van der Waals surface area contributed by atoms with Gasteiger partial charge in [-0.05, 0) is 23.4 Å². The lowest BCUT2D eigenvalue weighted by Gasteiger charge is -2.27. The summed E-state index contributed by atoms with van der Waals surface area (Å²) in [4.78, 5) is 11.9. The van der Waals surface area contributed by atoms with E-state index in [-0.39, 0.29) is 0 Å². The quantitative estimate of drug-likeness (QED) is 0.485. The molecular formula is C23H26N6S. The van der Waals surface area contributed by atoms with Crippen LogP contribution in [-0.2, 0) is 13.1 Å². The van der Waals surface area contributed by atoms with Crippen LogP contribution in [0.1, 0.15) is 11.1 Å². The lowest BCUT2D eigenvalue weighted by Crippen LogP contribution is -2.42. The normalized spacial score (nSPS) is 15.2. The number of fused-ring (bicyclic) bond motifs is 3. The van der Waals surface area contributed by atoms with Gasteiger partial charge in [0, 0.05) is 38.1 Å². The molecule has 3 heterocycles. The number of hydrogen-bond acceptors (Lipinski definition) is 6. The number of rotatable bonds is 5. The summed E-state index contributed by atoms with van der Waals surface area (Å²) in [7, 11) is 0. The Hall–Kier alpha value is -2.61. The zero-order valence-corrected chi connectivity index (χ0v) is 18.0. The molecule has 1 aliphatic heterocycles. The van der Waals surface area contributed by atoms with Gasteiger partial charge < -0.3 is 15.6 Å². The maximum Gasteiger partial charge on any atom is 0.169 e. The van der Waals surface area contributed by atoms with E-state index in [0.29, 0.717) is 5.82 Å². The van der Waals surface area contributed by atoms with E-state index in [0.717, 1.165) is 66.4 Å². The van der Waals surface area contributed by atoms with Gasteiger partial charge in [-0.3, -0.25) is 4.90 Å². The summed E-state index contributed by atoms with van der Waals surface area (Å²) in [6, 6.07) is 17.1. The van der Waals surface area contributed by atoms with Crippen LogP contribution in [0, 0.1) is 0 Å². The van der Waals surface area contributed by atoms with Crippen LogP contribution in [0.4, 0.5) is 5.82 Å². The molecule has 0 atom stereocenters. The first-order chi connectivity index (χ1) is 14.7. The van der Waals surface area contributed by atoms with Gasteiger partial charge in [-0.15, -0.1) is 0 Å². The first kappa shape index (κ1) is 19.4. The van der Waals surface area contributed by atoms with Crippen LogP contribution >= 0.6 is 11.8 Å². The molecule has 0 bridgehead atoms. The zero-order chi connectivity index (χ0) is 20.5. The number of benzene rings is 2. The third kappa shape index (κ3) is 3.64. The van der Waals surface area contributed by atoms with Crippen LogP contribution in [0.2, 0.25) is 0 Å². The van der Waals surface area contributed by atoms with Crippen LogP contribution in [-0.4, -0.2) is 51.9 Å². The highest BCUT2D eigenvalue weighted by atomic mass is 32.2. The Kier molecular flexibility index (Phi) is 5.33. The molecule has 1 aliphatic rings. The molecule has 0 saturated carbocycles. The molecule has 2 aromatic carbocycles. The summed E-state index contributed by atoms with van der Waals surface area (Å²) in [5, 5.41) is 5.46. The van der Waals surface area contributed by atoms with Crippen molar-refractivity contribution in [3.05, 3.63) is 59.7 Å². The molecule has 5 rings (SSSR count). The van der Waals surface area contributed by atoms with Crippen LogP contribution in [0.3, 0.4) is 0 Å². The highest BCUT2D eigenvalue weighted by molar-refractivity contribution is 7.98. The second kappa shape index (κ2) is 8.26. The molecule has 1 saturated heterocycles. The van der Waals surface area contributed by atoms with Gasteiger partial charge in [0.25, 0.3) is 0 Å². The van der Waals surface area contributed by atoms with Gasteiger partial charge in [-0.2, -0.15) is 0 Å². The van der Waals surface area contributed by atoms with Crippen molar-refractivity contribution in [1.29, 1.82) is 0 Å². The van der Waals surface area contributed by atoms with Crippen molar-refractivity contribution in [2.75, 3.05) is 38.2 Å². The molecule has 1 fully saturated rings. The fourth-order valence-electron chi connectivity index (χ4n) is 4.20. The fourth-order valence-corrected chi connectivity index (χ4v) is 4.76. The number of nitrogens with zero attached hydrogens (tertiary/aromatic N) is 4. The number of piperazine rings is 1. The van der Waals surface area contributed by atoms with Gasteiger partial charge in [0.15, 0.2) is 11.0 Å². The van der Waals surface area contributed by atoms with Crippen molar-refractivity contribution in [1.82, 2.24) is 24.8 Å². The summed E-state index contributed by atoms with van der Waals surface area (Å²) in [6.07, 6.45) is 2.06. The van der Waals surface area contributed by atoms with Gasteiger partial charge in [-0.1, -0.05) is 54.2 Å². The number of thioether (sulfide) groups is 1. The van der Waals surface area contributed by atoms with E-state index in [4.69, 9.17) is 10.7 Å². The summed E-state index contributed by atoms with van der Waals surface area (Å²) in [5.74, 6) is 0.490. The molecule has 2 aromatic heterocycles. The maximum atomic E-state index is 6.26. The Balaban J connectivity index is 1.49. The molecule has 0 unspecified atom stereocenters. The number of anilines is 1. The van der Waals surface area contributed by atoms with Crippen molar-refractivity contribution >= 4 is 39.5 Å². The fraction of sp³-hybridized carbons (Fsp3) is 0.304. The van der Waals surface area contributed by atoms with Crippen molar-refractivity contribution in [3.8, 4) is 0 Å². The van der Waals surface area contributed by atoms with Gasteiger partial charge >= 0.3 is 0 Å². The standard InChI is InChI=1S/C23H26N6S/c1-30-23-27-20-21(18-4-2-3-5-19(18)26-22(20)24)29(23)15-17-8-6-16(7-9-17)14-28-12-10-25-11-13-28/h2-9,25H,10-15H2,1H3,(H2,24,26). The number of nitrogens with one attached hydrogen (secondary N) is 1. The van der Waals surface area contributed by atoms with E-state index in [1.165, 1.54) is 11.1 Å². The summed E-state index contributed by atoms with van der Waals surface area (Å²) in [6.45, 7) is 6.15. The highest BCUT2D eigenvalue weighted by Gasteiger charge is 2.17. The average molecular weight is 419 g/mol. The molecule has 7 heteroatoms. The number of para-hydroxylation sites is 1. The minimum absolute atomic E-state index is 0.490. The molecule has 0 amide bonds. The summed E-state index contributed by atoms with van der Waals surface area (Å²) >= 11 is 1.64. The molecule has 30 heavy (non-hydrogen) atoms. The van der Waals surface area contributed by atoms with Crippen LogP contribution in [0.15, 0.2) is 53.7 Å². The number of aromatic nitrogens is 3. The zero-order valence-electron chi connectivity index (χ0n) is 17.1. The minimum atomic E-state index is 0.490. The van der Waals surface area contributed by atoms with Crippen LogP contribution < -0.4 is 11.1 Å². The third-order valence-electron chi connectivity index (χ3n) is 5.74. The number of hydrogen-bond donors (Lipinski definition) is 2. The molecule has 0 spiro atoms. The van der Waals surface area contributed by atoms with E-state index in [1.54, 1.807) is 11.8 Å². The number of pyridine rings is 1. The third-order valence-corrected chi connectivity index (χ3v) is 6.41. The molecule has 154 valence electrons. The Morgan fingerprint density at radius 1 is 0.967 bits per heavy atom. The van der Waals surface area contributed by atoms with Crippen molar-refractivity contribution in [2.45, 2.75) is 18.2 Å². The molecule has 4 aromatic rings.